The number of hydrogen-bond acceptors (Lipinski definition) is 6. The SMILES string of the molecule is COC(=O)c1cc(CNC(=O)/C=C/C2CNCN2)cc(NC(=O)c2ccccc2Cl)c1. The molecule has 1 fully saturated rings. The van der Waals surface area contributed by atoms with Crippen LogP contribution in [0.1, 0.15) is 26.3 Å². The Labute approximate surface area is 185 Å². The molecule has 1 aliphatic rings. The van der Waals surface area contributed by atoms with Gasteiger partial charge in [-0.25, -0.2) is 4.79 Å². The van der Waals surface area contributed by atoms with Crippen LogP contribution in [-0.2, 0) is 16.1 Å². The number of halogens is 1. The van der Waals surface area contributed by atoms with E-state index in [-0.39, 0.29) is 24.1 Å². The molecular formula is C22H23ClN4O4. The summed E-state index contributed by atoms with van der Waals surface area (Å²) >= 11 is 6.08. The van der Waals surface area contributed by atoms with Gasteiger partial charge in [0.25, 0.3) is 5.91 Å². The molecule has 1 heterocycles. The Morgan fingerprint density at radius 1 is 1.23 bits per heavy atom. The molecule has 2 aromatic carbocycles. The standard InChI is InChI=1S/C22H23ClN4O4/c1-31-22(30)15-8-14(11-25-20(28)7-6-16-12-24-13-26-16)9-17(10-15)27-21(29)18-4-2-3-5-19(18)23/h2-10,16,24,26H,11-13H2,1H3,(H,25,28)(H,27,29)/b7-6+. The minimum Gasteiger partial charge on any atom is -0.465 e. The van der Waals surface area contributed by atoms with Crippen LogP contribution in [0.2, 0.25) is 5.02 Å². The molecule has 0 spiro atoms. The Morgan fingerprint density at radius 2 is 2.03 bits per heavy atom. The highest BCUT2D eigenvalue weighted by molar-refractivity contribution is 6.34. The fourth-order valence-corrected chi connectivity index (χ4v) is 3.26. The highest BCUT2D eigenvalue weighted by Crippen LogP contribution is 2.20. The Hall–Kier alpha value is -3.20. The number of carbonyl (C=O) groups is 3. The third-order valence-electron chi connectivity index (χ3n) is 4.59. The average Bonchev–Trinajstić information content (AvgIpc) is 3.29. The quantitative estimate of drug-likeness (QED) is 0.386. The Kier molecular flexibility index (Phi) is 7.77. The number of esters is 1. The number of benzene rings is 2. The van der Waals surface area contributed by atoms with Crippen LogP contribution in [0.5, 0.6) is 0 Å². The lowest BCUT2D eigenvalue weighted by Gasteiger charge is -2.11. The van der Waals surface area contributed by atoms with Crippen LogP contribution in [0.3, 0.4) is 0 Å². The molecular weight excluding hydrogens is 420 g/mol. The van der Waals surface area contributed by atoms with Crippen molar-refractivity contribution in [2.24, 2.45) is 0 Å². The lowest BCUT2D eigenvalue weighted by molar-refractivity contribution is -0.116. The molecule has 1 unspecified atom stereocenters. The molecule has 0 aliphatic carbocycles. The number of nitrogens with one attached hydrogen (secondary N) is 4. The number of amides is 2. The summed E-state index contributed by atoms with van der Waals surface area (Å²) in [6.07, 6.45) is 3.25. The molecule has 162 valence electrons. The molecule has 9 heteroatoms. The van der Waals surface area contributed by atoms with Gasteiger partial charge in [0, 0.05) is 37.6 Å². The summed E-state index contributed by atoms with van der Waals surface area (Å²) in [5.41, 5.74) is 1.57. The summed E-state index contributed by atoms with van der Waals surface area (Å²) < 4.78 is 4.79. The second-order valence-electron chi connectivity index (χ2n) is 6.86. The van der Waals surface area contributed by atoms with Gasteiger partial charge in [-0.3, -0.25) is 14.9 Å². The predicted octanol–water partition coefficient (Wildman–Crippen LogP) is 2.07. The predicted molar refractivity (Wildman–Crippen MR) is 118 cm³/mol. The first kappa shape index (κ1) is 22.5. The van der Waals surface area contributed by atoms with Gasteiger partial charge in [-0.2, -0.15) is 0 Å². The van der Waals surface area contributed by atoms with Gasteiger partial charge < -0.3 is 20.7 Å². The summed E-state index contributed by atoms with van der Waals surface area (Å²) in [6.45, 7) is 1.64. The molecule has 8 nitrogen and oxygen atoms in total. The van der Waals surface area contributed by atoms with Crippen molar-refractivity contribution in [3.05, 3.63) is 76.3 Å². The molecule has 1 saturated heterocycles. The molecule has 2 amide bonds. The first-order valence-corrected chi connectivity index (χ1v) is 10.0. The molecule has 0 radical (unpaired) electrons. The zero-order valence-corrected chi connectivity index (χ0v) is 17.7. The molecule has 1 atom stereocenters. The molecule has 3 rings (SSSR count). The van der Waals surface area contributed by atoms with E-state index < -0.39 is 11.9 Å². The molecule has 0 saturated carbocycles. The molecule has 0 bridgehead atoms. The smallest absolute Gasteiger partial charge is 0.337 e. The van der Waals surface area contributed by atoms with Gasteiger partial charge in [0.1, 0.15) is 0 Å². The Balaban J connectivity index is 1.72. The van der Waals surface area contributed by atoms with Crippen molar-refractivity contribution in [1.29, 1.82) is 0 Å². The first-order chi connectivity index (χ1) is 15.0. The lowest BCUT2D eigenvalue weighted by Crippen LogP contribution is -2.24. The van der Waals surface area contributed by atoms with Crippen molar-refractivity contribution < 1.29 is 19.1 Å². The van der Waals surface area contributed by atoms with Crippen molar-refractivity contribution in [3.63, 3.8) is 0 Å². The third kappa shape index (κ3) is 6.39. The monoisotopic (exact) mass is 442 g/mol. The summed E-state index contributed by atoms with van der Waals surface area (Å²) in [5.74, 6) is -1.23. The van der Waals surface area contributed by atoms with E-state index in [4.69, 9.17) is 16.3 Å². The van der Waals surface area contributed by atoms with Gasteiger partial charge >= 0.3 is 5.97 Å². The van der Waals surface area contributed by atoms with Crippen molar-refractivity contribution in [2.75, 3.05) is 25.6 Å². The van der Waals surface area contributed by atoms with E-state index in [0.29, 0.717) is 28.5 Å². The molecule has 31 heavy (non-hydrogen) atoms. The topological polar surface area (TPSA) is 109 Å². The lowest BCUT2D eigenvalue weighted by atomic mass is 10.1. The average molecular weight is 443 g/mol. The number of ether oxygens (including phenoxy) is 1. The summed E-state index contributed by atoms with van der Waals surface area (Å²) in [5, 5.41) is 12.1. The van der Waals surface area contributed by atoms with Gasteiger partial charge in [0.2, 0.25) is 5.91 Å². The molecule has 1 aliphatic heterocycles. The van der Waals surface area contributed by atoms with Crippen molar-refractivity contribution in [2.45, 2.75) is 12.6 Å². The van der Waals surface area contributed by atoms with Gasteiger partial charge in [-0.05, 0) is 35.9 Å². The number of hydrogen-bond donors (Lipinski definition) is 4. The third-order valence-corrected chi connectivity index (χ3v) is 4.92. The van der Waals surface area contributed by atoms with Gasteiger partial charge in [-0.1, -0.05) is 29.8 Å². The van der Waals surface area contributed by atoms with E-state index >= 15 is 0 Å². The fourth-order valence-electron chi connectivity index (χ4n) is 3.04. The molecule has 0 aromatic heterocycles. The van der Waals surface area contributed by atoms with Gasteiger partial charge in [0.15, 0.2) is 0 Å². The minimum atomic E-state index is -0.555. The van der Waals surface area contributed by atoms with Crippen molar-refractivity contribution >= 4 is 35.1 Å². The van der Waals surface area contributed by atoms with E-state index in [1.807, 2.05) is 0 Å². The number of anilines is 1. The molecule has 4 N–H and O–H groups in total. The van der Waals surface area contributed by atoms with Crippen LogP contribution in [0.25, 0.3) is 0 Å². The van der Waals surface area contributed by atoms with Gasteiger partial charge in [-0.15, -0.1) is 0 Å². The fraction of sp³-hybridized carbons (Fsp3) is 0.227. The first-order valence-electron chi connectivity index (χ1n) is 9.64. The van der Waals surface area contributed by atoms with E-state index in [0.717, 1.165) is 6.54 Å². The summed E-state index contributed by atoms with van der Waals surface area (Å²) in [6, 6.07) is 11.5. The van der Waals surface area contributed by atoms with Crippen LogP contribution in [0.15, 0.2) is 54.6 Å². The van der Waals surface area contributed by atoms with Crippen LogP contribution in [-0.4, -0.2) is 44.1 Å². The van der Waals surface area contributed by atoms with Crippen molar-refractivity contribution in [3.8, 4) is 0 Å². The van der Waals surface area contributed by atoms with E-state index in [2.05, 4.69) is 21.3 Å². The highest BCUT2D eigenvalue weighted by Gasteiger charge is 2.14. The van der Waals surface area contributed by atoms with Gasteiger partial charge in [0.05, 0.1) is 23.3 Å². The van der Waals surface area contributed by atoms with Crippen LogP contribution < -0.4 is 21.3 Å². The maximum Gasteiger partial charge on any atom is 0.337 e. The van der Waals surface area contributed by atoms with Crippen LogP contribution in [0.4, 0.5) is 5.69 Å². The van der Waals surface area contributed by atoms with Crippen molar-refractivity contribution in [1.82, 2.24) is 16.0 Å². The second kappa shape index (κ2) is 10.7. The summed E-state index contributed by atoms with van der Waals surface area (Å²) in [4.78, 5) is 36.7. The highest BCUT2D eigenvalue weighted by atomic mass is 35.5. The number of methoxy groups -OCH3 is 1. The second-order valence-corrected chi connectivity index (χ2v) is 7.27. The normalized spacial score (nSPS) is 15.6. The zero-order chi connectivity index (χ0) is 22.2. The zero-order valence-electron chi connectivity index (χ0n) is 16.9. The summed E-state index contributed by atoms with van der Waals surface area (Å²) in [7, 11) is 1.27. The Morgan fingerprint density at radius 3 is 2.74 bits per heavy atom. The van der Waals surface area contributed by atoms with Crippen LogP contribution in [0, 0.1) is 0 Å². The maximum absolute atomic E-state index is 12.6. The Bertz CT molecular complexity index is 1000. The van der Waals surface area contributed by atoms with Crippen LogP contribution >= 0.6 is 11.6 Å². The maximum atomic E-state index is 12.6. The van der Waals surface area contributed by atoms with E-state index in [1.165, 1.54) is 19.3 Å². The van der Waals surface area contributed by atoms with E-state index in [9.17, 15) is 14.4 Å². The molecule has 2 aromatic rings. The van der Waals surface area contributed by atoms with E-state index in [1.54, 1.807) is 42.5 Å². The largest absolute Gasteiger partial charge is 0.465 e. The minimum absolute atomic E-state index is 0.111. The number of carbonyl (C=O) groups excluding carboxylic acids is 3. The number of rotatable bonds is 7.